The number of hydrogen-bond acceptors (Lipinski definition) is 3. The molecule has 0 N–H and O–H groups in total. The first-order valence-corrected chi connectivity index (χ1v) is 4.69. The van der Waals surface area contributed by atoms with Crippen LogP contribution in [-0.4, -0.2) is 14.7 Å². The van der Waals surface area contributed by atoms with Crippen LogP contribution in [-0.2, 0) is 6.18 Å². The number of halogens is 4. The van der Waals surface area contributed by atoms with E-state index in [1.165, 1.54) is 0 Å². The van der Waals surface area contributed by atoms with Gasteiger partial charge in [-0.25, -0.2) is 4.68 Å². The molecule has 9 heteroatoms. The van der Waals surface area contributed by atoms with Crippen molar-refractivity contribution in [1.82, 2.24) is 9.78 Å². The fourth-order valence-corrected chi connectivity index (χ4v) is 1.65. The maximum absolute atomic E-state index is 12.4. The molecule has 1 aliphatic rings. The molecule has 0 bridgehead atoms. The molecule has 0 aromatic carbocycles. The quantitative estimate of drug-likeness (QED) is 0.603. The molecule has 1 saturated carbocycles. The van der Waals surface area contributed by atoms with Crippen LogP contribution in [0.2, 0.25) is 5.15 Å². The van der Waals surface area contributed by atoms with Crippen LogP contribution in [0.4, 0.5) is 18.9 Å². The minimum atomic E-state index is -4.87. The summed E-state index contributed by atoms with van der Waals surface area (Å²) in [5.41, 5.74) is -2.70. The molecule has 1 aliphatic carbocycles. The summed E-state index contributed by atoms with van der Waals surface area (Å²) in [6.07, 6.45) is -3.60. The number of alkyl halides is 3. The SMILES string of the molecule is O=[N+]([O-])c1c(C(F)(F)F)nn(C2CC2)c1Cl. The Balaban J connectivity index is 2.58. The second kappa shape index (κ2) is 3.34. The molecule has 2 rings (SSSR count). The van der Waals surface area contributed by atoms with Gasteiger partial charge in [-0.1, -0.05) is 11.6 Å². The zero-order chi connectivity index (χ0) is 12.1. The molecule has 1 heterocycles. The van der Waals surface area contributed by atoms with Crippen LogP contribution in [0.3, 0.4) is 0 Å². The Hall–Kier alpha value is -1.31. The summed E-state index contributed by atoms with van der Waals surface area (Å²) < 4.78 is 38.2. The number of aromatic nitrogens is 2. The largest absolute Gasteiger partial charge is 0.442 e. The normalized spacial score (nSPS) is 16.5. The van der Waals surface area contributed by atoms with Gasteiger partial charge in [0, 0.05) is 0 Å². The van der Waals surface area contributed by atoms with Crippen LogP contribution in [0.1, 0.15) is 24.6 Å². The Labute approximate surface area is 91.9 Å². The van der Waals surface area contributed by atoms with E-state index in [4.69, 9.17) is 11.6 Å². The molecule has 0 unspecified atom stereocenters. The Kier molecular flexibility index (Phi) is 2.33. The summed E-state index contributed by atoms with van der Waals surface area (Å²) >= 11 is 5.52. The van der Waals surface area contributed by atoms with Gasteiger partial charge >= 0.3 is 11.9 Å². The van der Waals surface area contributed by atoms with Crippen LogP contribution in [0.15, 0.2) is 0 Å². The summed E-state index contributed by atoms with van der Waals surface area (Å²) in [6, 6.07) is -0.248. The highest BCUT2D eigenvalue weighted by Crippen LogP contribution is 2.44. The molecule has 0 atom stereocenters. The Morgan fingerprint density at radius 3 is 2.38 bits per heavy atom. The Bertz CT molecular complexity index is 452. The van der Waals surface area contributed by atoms with Crippen molar-refractivity contribution in [2.24, 2.45) is 0 Å². The average Bonchev–Trinajstić information content (AvgIpc) is 2.87. The second-order valence-corrected chi connectivity index (χ2v) is 3.78. The van der Waals surface area contributed by atoms with Crippen molar-refractivity contribution in [3.8, 4) is 0 Å². The van der Waals surface area contributed by atoms with Crippen LogP contribution < -0.4 is 0 Å². The van der Waals surface area contributed by atoms with Crippen LogP contribution in [0, 0.1) is 10.1 Å². The van der Waals surface area contributed by atoms with Crippen molar-refractivity contribution in [3.05, 3.63) is 21.0 Å². The molecule has 0 saturated heterocycles. The van der Waals surface area contributed by atoms with E-state index < -0.39 is 27.6 Å². The van der Waals surface area contributed by atoms with Gasteiger partial charge in [0.25, 0.3) is 0 Å². The van der Waals surface area contributed by atoms with Gasteiger partial charge in [-0.05, 0) is 12.8 Å². The first-order chi connectivity index (χ1) is 7.32. The van der Waals surface area contributed by atoms with Gasteiger partial charge in [0.15, 0.2) is 0 Å². The Morgan fingerprint density at radius 1 is 1.50 bits per heavy atom. The molecule has 0 spiro atoms. The summed E-state index contributed by atoms with van der Waals surface area (Å²) in [6.45, 7) is 0. The zero-order valence-electron chi connectivity index (χ0n) is 7.66. The summed E-state index contributed by atoms with van der Waals surface area (Å²) in [5.74, 6) is 0. The van der Waals surface area contributed by atoms with E-state index in [2.05, 4.69) is 5.10 Å². The molecule has 0 radical (unpaired) electrons. The number of rotatable bonds is 2. The van der Waals surface area contributed by atoms with E-state index in [1.54, 1.807) is 0 Å². The highest BCUT2D eigenvalue weighted by molar-refractivity contribution is 6.31. The van der Waals surface area contributed by atoms with Gasteiger partial charge in [-0.3, -0.25) is 10.1 Å². The lowest BCUT2D eigenvalue weighted by atomic mass is 10.4. The van der Waals surface area contributed by atoms with E-state index in [1.807, 2.05) is 0 Å². The lowest BCUT2D eigenvalue weighted by Crippen LogP contribution is -2.09. The highest BCUT2D eigenvalue weighted by atomic mass is 35.5. The molecule has 1 aromatic rings. The zero-order valence-corrected chi connectivity index (χ0v) is 8.42. The van der Waals surface area contributed by atoms with Crippen molar-refractivity contribution in [2.75, 3.05) is 0 Å². The molecule has 0 aliphatic heterocycles. The van der Waals surface area contributed by atoms with Crippen LogP contribution in [0.5, 0.6) is 0 Å². The van der Waals surface area contributed by atoms with Gasteiger partial charge in [0.1, 0.15) is 0 Å². The number of nitro groups is 1. The van der Waals surface area contributed by atoms with E-state index in [9.17, 15) is 23.3 Å². The lowest BCUT2D eigenvalue weighted by Gasteiger charge is -2.00. The van der Waals surface area contributed by atoms with Gasteiger partial charge < -0.3 is 0 Å². The third-order valence-electron chi connectivity index (χ3n) is 2.17. The molecule has 16 heavy (non-hydrogen) atoms. The predicted octanol–water partition coefficient (Wildman–Crippen LogP) is 2.80. The summed E-state index contributed by atoms with van der Waals surface area (Å²) in [5, 5.41) is 13.1. The van der Waals surface area contributed by atoms with E-state index >= 15 is 0 Å². The van der Waals surface area contributed by atoms with Crippen molar-refractivity contribution in [3.63, 3.8) is 0 Å². The van der Waals surface area contributed by atoms with Crippen LogP contribution >= 0.6 is 11.6 Å². The maximum Gasteiger partial charge on any atom is 0.442 e. The van der Waals surface area contributed by atoms with Crippen molar-refractivity contribution in [2.45, 2.75) is 25.1 Å². The van der Waals surface area contributed by atoms with E-state index in [0.717, 1.165) is 4.68 Å². The van der Waals surface area contributed by atoms with Gasteiger partial charge in [0.2, 0.25) is 10.8 Å². The van der Waals surface area contributed by atoms with E-state index in [-0.39, 0.29) is 6.04 Å². The number of hydrogen-bond donors (Lipinski definition) is 0. The van der Waals surface area contributed by atoms with Crippen molar-refractivity contribution in [1.29, 1.82) is 0 Å². The molecule has 1 aromatic heterocycles. The maximum atomic E-state index is 12.4. The molecular weight excluding hydrogens is 251 g/mol. The minimum Gasteiger partial charge on any atom is -0.258 e. The number of nitrogens with zero attached hydrogens (tertiary/aromatic N) is 3. The molecule has 0 amide bonds. The second-order valence-electron chi connectivity index (χ2n) is 3.42. The van der Waals surface area contributed by atoms with Gasteiger partial charge in [0.05, 0.1) is 11.0 Å². The Morgan fingerprint density at radius 2 is 2.06 bits per heavy atom. The van der Waals surface area contributed by atoms with Gasteiger partial charge in [-0.2, -0.15) is 18.3 Å². The highest BCUT2D eigenvalue weighted by Gasteiger charge is 2.46. The monoisotopic (exact) mass is 255 g/mol. The minimum absolute atomic E-state index is 0.248. The van der Waals surface area contributed by atoms with E-state index in [0.29, 0.717) is 12.8 Å². The third-order valence-corrected chi connectivity index (χ3v) is 2.52. The third kappa shape index (κ3) is 1.73. The first kappa shape index (κ1) is 11.2. The summed E-state index contributed by atoms with van der Waals surface area (Å²) in [4.78, 5) is 9.36. The molecule has 5 nitrogen and oxygen atoms in total. The average molecular weight is 256 g/mol. The smallest absolute Gasteiger partial charge is 0.258 e. The van der Waals surface area contributed by atoms with Gasteiger partial charge in [-0.15, -0.1) is 0 Å². The lowest BCUT2D eigenvalue weighted by molar-refractivity contribution is -0.388. The van der Waals surface area contributed by atoms with Crippen molar-refractivity contribution < 1.29 is 18.1 Å². The first-order valence-electron chi connectivity index (χ1n) is 4.32. The predicted molar refractivity (Wildman–Crippen MR) is 47.2 cm³/mol. The fraction of sp³-hybridized carbons (Fsp3) is 0.571. The topological polar surface area (TPSA) is 61.0 Å². The van der Waals surface area contributed by atoms with Crippen molar-refractivity contribution >= 4 is 17.3 Å². The molecular formula is C7H5ClF3N3O2. The van der Waals surface area contributed by atoms with Crippen LogP contribution in [0.25, 0.3) is 0 Å². The fourth-order valence-electron chi connectivity index (χ4n) is 1.32. The summed E-state index contributed by atoms with van der Waals surface area (Å²) in [7, 11) is 0. The molecule has 1 fully saturated rings. The molecule has 88 valence electrons. The standard InChI is InChI=1S/C7H5ClF3N3O2/c8-6-4(14(15)16)5(7(9,10)11)12-13(6)3-1-2-3/h3H,1-2H2.